The second kappa shape index (κ2) is 10.3. The van der Waals surface area contributed by atoms with E-state index in [2.05, 4.69) is 15.9 Å². The number of benzene rings is 1. The van der Waals surface area contributed by atoms with Crippen LogP contribution in [0.15, 0.2) is 21.5 Å². The van der Waals surface area contributed by atoms with Crippen molar-refractivity contribution in [2.45, 2.75) is 57.5 Å². The smallest absolute Gasteiger partial charge is 0.316 e. The van der Waals surface area contributed by atoms with Crippen molar-refractivity contribution in [2.75, 3.05) is 23.9 Å². The molecule has 29 heavy (non-hydrogen) atoms. The first-order chi connectivity index (χ1) is 13.5. The Morgan fingerprint density at radius 2 is 2.00 bits per heavy atom. The van der Waals surface area contributed by atoms with E-state index >= 15 is 0 Å². The predicted molar refractivity (Wildman–Crippen MR) is 119 cm³/mol. The number of sulfone groups is 1. The number of thioether (sulfide) groups is 1. The monoisotopic (exact) mass is 505 g/mol. The first-order valence-corrected chi connectivity index (χ1v) is 13.2. The largest absolute Gasteiger partial charge is 0.455 e. The molecule has 1 aliphatic rings. The highest BCUT2D eigenvalue weighted by Gasteiger charge is 2.36. The zero-order valence-electron chi connectivity index (χ0n) is 17.2. The molecule has 1 heterocycles. The summed E-state index contributed by atoms with van der Waals surface area (Å²) in [6.45, 7) is 7.43. The summed E-state index contributed by atoms with van der Waals surface area (Å²) in [5.74, 6) is -0.618. The summed E-state index contributed by atoms with van der Waals surface area (Å²) in [5, 5.41) is 0. The number of amides is 1. The Bertz CT molecular complexity index is 872. The summed E-state index contributed by atoms with van der Waals surface area (Å²) in [4.78, 5) is 27.4. The van der Waals surface area contributed by atoms with Crippen LogP contribution in [-0.4, -0.2) is 61.1 Å². The van der Waals surface area contributed by atoms with Crippen LogP contribution < -0.4 is 0 Å². The van der Waals surface area contributed by atoms with Gasteiger partial charge in [-0.15, -0.1) is 11.8 Å². The van der Waals surface area contributed by atoms with Crippen molar-refractivity contribution in [3.8, 4) is 0 Å². The van der Waals surface area contributed by atoms with E-state index < -0.39 is 15.8 Å². The molecular weight excluding hydrogens is 478 g/mol. The molecule has 1 fully saturated rings. The molecule has 0 radical (unpaired) electrons. The Balaban J connectivity index is 1.92. The minimum Gasteiger partial charge on any atom is -0.455 e. The van der Waals surface area contributed by atoms with Crippen molar-refractivity contribution in [1.82, 2.24) is 4.90 Å². The number of rotatable bonds is 8. The standard InChI is InChI=1S/C20H28BrNO5S2/c1-5-15(4)22(16-6-7-29(25,26)12-16)19(23)10-27-20(24)11-28-18-9-13(2)17(21)8-14(18)3/h8-9,15-16H,5-7,10-12H2,1-4H3. The molecule has 1 aromatic rings. The van der Waals surface area contributed by atoms with Gasteiger partial charge in [0, 0.05) is 21.5 Å². The Morgan fingerprint density at radius 3 is 2.59 bits per heavy atom. The maximum Gasteiger partial charge on any atom is 0.316 e. The number of hydrogen-bond donors (Lipinski definition) is 0. The van der Waals surface area contributed by atoms with Gasteiger partial charge in [-0.1, -0.05) is 22.9 Å². The lowest BCUT2D eigenvalue weighted by Crippen LogP contribution is -2.48. The summed E-state index contributed by atoms with van der Waals surface area (Å²) in [7, 11) is -3.11. The second-order valence-electron chi connectivity index (χ2n) is 7.43. The molecular formula is C20H28BrNO5S2. The third kappa shape index (κ3) is 6.72. The zero-order chi connectivity index (χ0) is 21.8. The average molecular weight is 506 g/mol. The highest BCUT2D eigenvalue weighted by atomic mass is 79.9. The van der Waals surface area contributed by atoms with Gasteiger partial charge < -0.3 is 9.64 Å². The fourth-order valence-electron chi connectivity index (χ4n) is 3.31. The van der Waals surface area contributed by atoms with Gasteiger partial charge in [0.1, 0.15) is 0 Å². The van der Waals surface area contributed by atoms with Gasteiger partial charge in [0.05, 0.1) is 17.3 Å². The van der Waals surface area contributed by atoms with E-state index in [1.54, 1.807) is 4.90 Å². The molecule has 0 spiro atoms. The molecule has 0 aromatic heterocycles. The van der Waals surface area contributed by atoms with E-state index in [-0.39, 0.29) is 41.9 Å². The maximum atomic E-state index is 12.7. The molecule has 1 aliphatic heterocycles. The van der Waals surface area contributed by atoms with Gasteiger partial charge >= 0.3 is 5.97 Å². The number of hydrogen-bond acceptors (Lipinski definition) is 6. The quantitative estimate of drug-likeness (QED) is 0.397. The van der Waals surface area contributed by atoms with E-state index in [0.29, 0.717) is 12.8 Å². The van der Waals surface area contributed by atoms with Crippen LogP contribution in [0.2, 0.25) is 0 Å². The van der Waals surface area contributed by atoms with Gasteiger partial charge in [0.2, 0.25) is 0 Å². The van der Waals surface area contributed by atoms with Gasteiger partial charge in [-0.2, -0.15) is 0 Å². The lowest BCUT2D eigenvalue weighted by atomic mass is 10.1. The van der Waals surface area contributed by atoms with Gasteiger partial charge in [0.15, 0.2) is 16.4 Å². The molecule has 2 unspecified atom stereocenters. The summed E-state index contributed by atoms with van der Waals surface area (Å²) < 4.78 is 29.8. The lowest BCUT2D eigenvalue weighted by Gasteiger charge is -2.33. The second-order valence-corrected chi connectivity index (χ2v) is 11.5. The summed E-state index contributed by atoms with van der Waals surface area (Å²) in [6, 6.07) is 3.56. The van der Waals surface area contributed by atoms with E-state index in [4.69, 9.17) is 4.74 Å². The molecule has 0 aliphatic carbocycles. The van der Waals surface area contributed by atoms with Gasteiger partial charge in [-0.3, -0.25) is 9.59 Å². The Morgan fingerprint density at radius 1 is 1.31 bits per heavy atom. The minimum atomic E-state index is -3.11. The van der Waals surface area contributed by atoms with Crippen LogP contribution in [-0.2, 0) is 24.2 Å². The zero-order valence-corrected chi connectivity index (χ0v) is 20.5. The fourth-order valence-corrected chi connectivity index (χ4v) is 6.38. The molecule has 9 heteroatoms. The third-order valence-electron chi connectivity index (χ3n) is 5.11. The van der Waals surface area contributed by atoms with Gasteiger partial charge in [0.25, 0.3) is 5.91 Å². The van der Waals surface area contributed by atoms with Crippen molar-refractivity contribution in [3.63, 3.8) is 0 Å². The SMILES string of the molecule is CCC(C)N(C(=O)COC(=O)CSc1cc(C)c(Br)cc1C)C1CCS(=O)(=O)C1. The fraction of sp³-hybridized carbons (Fsp3) is 0.600. The van der Waals surface area contributed by atoms with Crippen LogP contribution >= 0.6 is 27.7 Å². The molecule has 2 rings (SSSR count). The first-order valence-electron chi connectivity index (χ1n) is 9.60. The van der Waals surface area contributed by atoms with E-state index in [1.807, 2.05) is 39.8 Å². The molecule has 2 atom stereocenters. The van der Waals surface area contributed by atoms with Crippen LogP contribution in [0.4, 0.5) is 0 Å². The molecule has 0 N–H and O–H groups in total. The number of ether oxygens (including phenoxy) is 1. The van der Waals surface area contributed by atoms with E-state index in [1.165, 1.54) is 11.8 Å². The Hall–Kier alpha value is -1.06. The molecule has 6 nitrogen and oxygen atoms in total. The summed E-state index contributed by atoms with van der Waals surface area (Å²) in [5.41, 5.74) is 2.14. The number of nitrogens with zero attached hydrogens (tertiary/aromatic N) is 1. The van der Waals surface area contributed by atoms with Crippen LogP contribution in [0.5, 0.6) is 0 Å². The minimum absolute atomic E-state index is 0.0188. The molecule has 162 valence electrons. The van der Waals surface area contributed by atoms with Crippen molar-refractivity contribution in [2.24, 2.45) is 0 Å². The van der Waals surface area contributed by atoms with Gasteiger partial charge in [-0.25, -0.2) is 8.42 Å². The normalized spacial score (nSPS) is 19.0. The average Bonchev–Trinajstić information content (AvgIpc) is 3.01. The summed E-state index contributed by atoms with van der Waals surface area (Å²) in [6.07, 6.45) is 1.14. The Kier molecular flexibility index (Phi) is 8.60. The van der Waals surface area contributed by atoms with Crippen LogP contribution in [0, 0.1) is 13.8 Å². The predicted octanol–water partition coefficient (Wildman–Crippen LogP) is 3.52. The number of esters is 1. The van der Waals surface area contributed by atoms with E-state index in [9.17, 15) is 18.0 Å². The Labute approximate surface area is 185 Å². The van der Waals surface area contributed by atoms with Crippen molar-refractivity contribution in [1.29, 1.82) is 0 Å². The lowest BCUT2D eigenvalue weighted by molar-refractivity contribution is -0.152. The molecule has 1 amide bonds. The number of carbonyl (C=O) groups is 2. The van der Waals surface area contributed by atoms with Crippen LogP contribution in [0.25, 0.3) is 0 Å². The number of aryl methyl sites for hydroxylation is 2. The van der Waals surface area contributed by atoms with E-state index in [0.717, 1.165) is 20.5 Å². The third-order valence-corrected chi connectivity index (χ3v) is 8.85. The van der Waals surface area contributed by atoms with Gasteiger partial charge in [-0.05, 0) is 56.9 Å². The topological polar surface area (TPSA) is 80.8 Å². The van der Waals surface area contributed by atoms with Crippen LogP contribution in [0.3, 0.4) is 0 Å². The molecule has 1 aromatic carbocycles. The molecule has 0 saturated carbocycles. The summed E-state index contributed by atoms with van der Waals surface area (Å²) >= 11 is 4.86. The van der Waals surface area contributed by atoms with Crippen molar-refractivity contribution >= 4 is 49.4 Å². The highest BCUT2D eigenvalue weighted by Crippen LogP contribution is 2.28. The van der Waals surface area contributed by atoms with Crippen LogP contribution in [0.1, 0.15) is 37.8 Å². The molecule has 0 bridgehead atoms. The number of carbonyl (C=O) groups excluding carboxylic acids is 2. The first kappa shape index (κ1) is 24.2. The van der Waals surface area contributed by atoms with Crippen molar-refractivity contribution < 1.29 is 22.7 Å². The maximum absolute atomic E-state index is 12.7. The van der Waals surface area contributed by atoms with Crippen molar-refractivity contribution in [3.05, 3.63) is 27.7 Å². The highest BCUT2D eigenvalue weighted by molar-refractivity contribution is 9.10. The molecule has 1 saturated heterocycles. The number of halogens is 1.